The van der Waals surface area contributed by atoms with E-state index in [1.807, 2.05) is 0 Å². The summed E-state index contributed by atoms with van der Waals surface area (Å²) in [5, 5.41) is 18.9. The summed E-state index contributed by atoms with van der Waals surface area (Å²) in [4.78, 5) is 6.08. The second-order valence-corrected chi connectivity index (χ2v) is 4.91. The van der Waals surface area contributed by atoms with Crippen LogP contribution in [0.15, 0.2) is 18.3 Å². The lowest BCUT2D eigenvalue weighted by molar-refractivity contribution is 0.122. The molecule has 0 amide bonds. The molecule has 2 N–H and O–H groups in total. The third kappa shape index (κ3) is 5.63. The molecular weight excluding hydrogens is 247 g/mol. The Morgan fingerprint density at radius 2 is 2.05 bits per heavy atom. The smallest absolute Gasteiger partial charge is 0.141 e. The number of aliphatic hydroxyl groups excluding tert-OH is 2. The Morgan fingerprint density at radius 1 is 1.32 bits per heavy atom. The molecular formula is C14H23FN2O2. The lowest BCUT2D eigenvalue weighted by Gasteiger charge is -2.27. The molecule has 0 aliphatic carbocycles. The summed E-state index contributed by atoms with van der Waals surface area (Å²) >= 11 is 0. The molecule has 108 valence electrons. The van der Waals surface area contributed by atoms with Crippen LogP contribution >= 0.6 is 0 Å². The van der Waals surface area contributed by atoms with Gasteiger partial charge in [0.15, 0.2) is 0 Å². The van der Waals surface area contributed by atoms with Crippen LogP contribution in [0.3, 0.4) is 0 Å². The maximum Gasteiger partial charge on any atom is 0.141 e. The summed E-state index contributed by atoms with van der Waals surface area (Å²) in [6.45, 7) is 5.86. The fraction of sp³-hybridized carbons (Fsp3) is 0.643. The Bertz CT molecular complexity index is 357. The largest absolute Gasteiger partial charge is 0.396 e. The van der Waals surface area contributed by atoms with E-state index in [-0.39, 0.29) is 6.61 Å². The number of pyridine rings is 1. The van der Waals surface area contributed by atoms with E-state index in [1.165, 1.54) is 12.1 Å². The molecule has 19 heavy (non-hydrogen) atoms. The van der Waals surface area contributed by atoms with E-state index < -0.39 is 11.9 Å². The Hall–Kier alpha value is -1.04. The average molecular weight is 270 g/mol. The van der Waals surface area contributed by atoms with Gasteiger partial charge in [-0.15, -0.1) is 0 Å². The predicted molar refractivity (Wildman–Crippen MR) is 72.2 cm³/mol. The fourth-order valence-electron chi connectivity index (χ4n) is 1.92. The highest BCUT2D eigenvalue weighted by Gasteiger charge is 2.14. The van der Waals surface area contributed by atoms with Crippen molar-refractivity contribution < 1.29 is 14.6 Å². The SMILES string of the molecule is CC(C)N(CCCO)CCC(O)c1ccc(F)cn1. The van der Waals surface area contributed by atoms with Crippen LogP contribution in [-0.2, 0) is 0 Å². The predicted octanol–water partition coefficient (Wildman–Crippen LogP) is 1.74. The molecule has 0 radical (unpaired) electrons. The van der Waals surface area contributed by atoms with E-state index in [2.05, 4.69) is 23.7 Å². The average Bonchev–Trinajstić information content (AvgIpc) is 2.39. The summed E-state index contributed by atoms with van der Waals surface area (Å²) in [6, 6.07) is 3.17. The quantitative estimate of drug-likeness (QED) is 0.755. The van der Waals surface area contributed by atoms with Gasteiger partial charge >= 0.3 is 0 Å². The Kier molecular flexibility index (Phi) is 6.91. The zero-order valence-electron chi connectivity index (χ0n) is 11.6. The van der Waals surface area contributed by atoms with Crippen molar-refractivity contribution in [2.75, 3.05) is 19.7 Å². The molecule has 0 fully saturated rings. The van der Waals surface area contributed by atoms with Crippen LogP contribution in [0.5, 0.6) is 0 Å². The van der Waals surface area contributed by atoms with Crippen LogP contribution in [0.25, 0.3) is 0 Å². The van der Waals surface area contributed by atoms with Crippen molar-refractivity contribution in [1.29, 1.82) is 0 Å². The number of rotatable bonds is 8. The molecule has 1 rings (SSSR count). The molecule has 1 atom stereocenters. The van der Waals surface area contributed by atoms with Crippen molar-refractivity contribution in [3.63, 3.8) is 0 Å². The van der Waals surface area contributed by atoms with Gasteiger partial charge in [-0.05, 0) is 38.8 Å². The normalized spacial score (nSPS) is 13.2. The molecule has 0 aliphatic rings. The number of hydrogen-bond acceptors (Lipinski definition) is 4. The molecule has 0 spiro atoms. The third-order valence-electron chi connectivity index (χ3n) is 3.12. The van der Waals surface area contributed by atoms with Crippen molar-refractivity contribution in [2.24, 2.45) is 0 Å². The summed E-state index contributed by atoms with van der Waals surface area (Å²) in [5.74, 6) is -0.400. The van der Waals surface area contributed by atoms with Gasteiger partial charge in [-0.3, -0.25) is 4.98 Å². The Labute approximate surface area is 113 Å². The van der Waals surface area contributed by atoms with Crippen molar-refractivity contribution in [3.05, 3.63) is 29.8 Å². The first-order valence-electron chi connectivity index (χ1n) is 6.69. The van der Waals surface area contributed by atoms with Gasteiger partial charge in [0.2, 0.25) is 0 Å². The van der Waals surface area contributed by atoms with Crippen LogP contribution in [0.2, 0.25) is 0 Å². The molecule has 1 unspecified atom stereocenters. The highest BCUT2D eigenvalue weighted by atomic mass is 19.1. The summed E-state index contributed by atoms with van der Waals surface area (Å²) in [6.07, 6.45) is 1.70. The first-order valence-corrected chi connectivity index (χ1v) is 6.69. The van der Waals surface area contributed by atoms with Crippen LogP contribution in [-0.4, -0.2) is 45.8 Å². The van der Waals surface area contributed by atoms with Gasteiger partial charge in [-0.2, -0.15) is 0 Å². The Balaban J connectivity index is 2.46. The number of halogens is 1. The summed E-state index contributed by atoms with van der Waals surface area (Å²) < 4.78 is 12.7. The van der Waals surface area contributed by atoms with Gasteiger partial charge in [0.1, 0.15) is 5.82 Å². The van der Waals surface area contributed by atoms with Gasteiger partial charge in [-0.1, -0.05) is 0 Å². The van der Waals surface area contributed by atoms with Crippen molar-refractivity contribution in [3.8, 4) is 0 Å². The van der Waals surface area contributed by atoms with E-state index >= 15 is 0 Å². The lowest BCUT2D eigenvalue weighted by Crippen LogP contribution is -2.34. The lowest BCUT2D eigenvalue weighted by atomic mass is 10.1. The molecule has 1 aromatic rings. The molecule has 1 heterocycles. The second-order valence-electron chi connectivity index (χ2n) is 4.91. The van der Waals surface area contributed by atoms with E-state index in [4.69, 9.17) is 5.11 Å². The van der Waals surface area contributed by atoms with E-state index in [9.17, 15) is 9.50 Å². The first kappa shape index (κ1) is 16.0. The van der Waals surface area contributed by atoms with Gasteiger partial charge in [-0.25, -0.2) is 4.39 Å². The van der Waals surface area contributed by atoms with Crippen molar-refractivity contribution >= 4 is 0 Å². The summed E-state index contributed by atoms with van der Waals surface area (Å²) in [5.41, 5.74) is 0.493. The van der Waals surface area contributed by atoms with Crippen LogP contribution in [0.1, 0.15) is 38.5 Å². The number of nitrogens with zero attached hydrogens (tertiary/aromatic N) is 2. The highest BCUT2D eigenvalue weighted by molar-refractivity contribution is 5.07. The minimum Gasteiger partial charge on any atom is -0.396 e. The molecule has 0 saturated carbocycles. The number of aromatic nitrogens is 1. The van der Waals surface area contributed by atoms with E-state index in [0.29, 0.717) is 18.2 Å². The number of aliphatic hydroxyl groups is 2. The van der Waals surface area contributed by atoms with Gasteiger partial charge in [0, 0.05) is 25.7 Å². The molecule has 0 bridgehead atoms. The molecule has 0 saturated heterocycles. The standard InChI is InChI=1S/C14H23FN2O2/c1-11(2)17(7-3-9-18)8-6-14(19)13-5-4-12(15)10-16-13/h4-5,10-11,14,18-19H,3,6-9H2,1-2H3. The first-order chi connectivity index (χ1) is 9.04. The minimum atomic E-state index is -0.684. The maximum atomic E-state index is 12.7. The van der Waals surface area contributed by atoms with Crippen molar-refractivity contribution in [2.45, 2.75) is 38.8 Å². The van der Waals surface area contributed by atoms with E-state index in [0.717, 1.165) is 25.7 Å². The topological polar surface area (TPSA) is 56.6 Å². The molecule has 5 heteroatoms. The van der Waals surface area contributed by atoms with Gasteiger partial charge in [0.05, 0.1) is 18.0 Å². The van der Waals surface area contributed by atoms with Crippen LogP contribution in [0.4, 0.5) is 4.39 Å². The molecule has 0 aliphatic heterocycles. The van der Waals surface area contributed by atoms with Gasteiger partial charge < -0.3 is 15.1 Å². The fourth-order valence-corrected chi connectivity index (χ4v) is 1.92. The van der Waals surface area contributed by atoms with Crippen LogP contribution in [0, 0.1) is 5.82 Å². The van der Waals surface area contributed by atoms with E-state index in [1.54, 1.807) is 0 Å². The van der Waals surface area contributed by atoms with Crippen molar-refractivity contribution in [1.82, 2.24) is 9.88 Å². The molecule has 4 nitrogen and oxygen atoms in total. The minimum absolute atomic E-state index is 0.172. The monoisotopic (exact) mass is 270 g/mol. The highest BCUT2D eigenvalue weighted by Crippen LogP contribution is 2.15. The number of hydrogen-bond donors (Lipinski definition) is 2. The maximum absolute atomic E-state index is 12.7. The van der Waals surface area contributed by atoms with Gasteiger partial charge in [0.25, 0.3) is 0 Å². The van der Waals surface area contributed by atoms with Crippen LogP contribution < -0.4 is 0 Å². The summed E-state index contributed by atoms with van der Waals surface area (Å²) in [7, 11) is 0. The zero-order chi connectivity index (χ0) is 14.3. The second kappa shape index (κ2) is 8.19. The molecule has 1 aromatic heterocycles. The molecule has 0 aromatic carbocycles. The third-order valence-corrected chi connectivity index (χ3v) is 3.12. The zero-order valence-corrected chi connectivity index (χ0v) is 11.6. The Morgan fingerprint density at radius 3 is 2.58 bits per heavy atom.